The molecule has 1 aromatic heterocycles. The molecule has 0 radical (unpaired) electrons. The van der Waals surface area contributed by atoms with Gasteiger partial charge in [0.25, 0.3) is 0 Å². The molecule has 0 atom stereocenters. The second-order valence-corrected chi connectivity index (χ2v) is 5.89. The molecule has 0 saturated carbocycles. The second-order valence-electron chi connectivity index (χ2n) is 4.69. The molecular formula is C17H17N3O3S. The number of rotatable bonds is 6. The Morgan fingerprint density at radius 3 is 2.71 bits per heavy atom. The number of nitrogens with zero attached hydrogens (tertiary/aromatic N) is 2. The summed E-state index contributed by atoms with van der Waals surface area (Å²) in [6.45, 7) is 3.87. The monoisotopic (exact) mass is 343 g/mol. The minimum absolute atomic E-state index is 0.101. The van der Waals surface area contributed by atoms with Crippen LogP contribution < -0.4 is 10.1 Å². The van der Waals surface area contributed by atoms with Gasteiger partial charge in [-0.3, -0.25) is 0 Å². The predicted molar refractivity (Wildman–Crippen MR) is 92.8 cm³/mol. The first kappa shape index (κ1) is 17.5. The van der Waals surface area contributed by atoms with E-state index in [1.54, 1.807) is 14.0 Å². The van der Waals surface area contributed by atoms with Crippen molar-refractivity contribution in [3.63, 3.8) is 0 Å². The van der Waals surface area contributed by atoms with Crippen molar-refractivity contribution in [1.82, 2.24) is 4.98 Å². The van der Waals surface area contributed by atoms with E-state index in [2.05, 4.69) is 10.3 Å². The molecule has 0 fully saturated rings. The molecule has 0 unspecified atom stereocenters. The Hall–Kier alpha value is -2.85. The number of esters is 1. The molecule has 1 N–H and O–H groups in total. The smallest absolute Gasteiger partial charge is 0.350 e. The summed E-state index contributed by atoms with van der Waals surface area (Å²) in [6, 6.07) is 9.41. The third-order valence-corrected chi connectivity index (χ3v) is 4.02. The summed E-state index contributed by atoms with van der Waals surface area (Å²) in [5, 5.41) is 12.5. The van der Waals surface area contributed by atoms with E-state index in [0.29, 0.717) is 5.13 Å². The largest absolute Gasteiger partial charge is 0.497 e. The van der Waals surface area contributed by atoms with Gasteiger partial charge < -0.3 is 14.8 Å². The van der Waals surface area contributed by atoms with Gasteiger partial charge in [-0.1, -0.05) is 0 Å². The van der Waals surface area contributed by atoms with Gasteiger partial charge in [-0.25, -0.2) is 9.78 Å². The van der Waals surface area contributed by atoms with Crippen molar-refractivity contribution >= 4 is 22.4 Å². The van der Waals surface area contributed by atoms with Crippen molar-refractivity contribution in [2.24, 2.45) is 0 Å². The van der Waals surface area contributed by atoms with E-state index >= 15 is 0 Å². The van der Waals surface area contributed by atoms with Crippen LogP contribution in [0.2, 0.25) is 0 Å². The molecule has 1 aromatic carbocycles. The van der Waals surface area contributed by atoms with Gasteiger partial charge in [0.1, 0.15) is 11.8 Å². The molecule has 0 bridgehead atoms. The first-order valence-electron chi connectivity index (χ1n) is 7.24. The molecule has 2 aromatic rings. The van der Waals surface area contributed by atoms with Gasteiger partial charge >= 0.3 is 5.97 Å². The highest BCUT2D eigenvalue weighted by Gasteiger charge is 2.12. The number of anilines is 1. The minimum Gasteiger partial charge on any atom is -0.497 e. The molecule has 0 saturated heterocycles. The van der Waals surface area contributed by atoms with E-state index in [-0.39, 0.29) is 12.2 Å². The van der Waals surface area contributed by atoms with Crippen LogP contribution in [0.15, 0.2) is 36.0 Å². The van der Waals surface area contributed by atoms with Crippen LogP contribution >= 0.6 is 11.3 Å². The van der Waals surface area contributed by atoms with Gasteiger partial charge in [0.2, 0.25) is 0 Å². The number of ether oxygens (including phenoxy) is 2. The number of carbonyl (C=O) groups is 1. The molecule has 0 aliphatic carbocycles. The average Bonchev–Trinajstić information content (AvgIpc) is 2.96. The average molecular weight is 343 g/mol. The zero-order chi connectivity index (χ0) is 17.5. The zero-order valence-electron chi connectivity index (χ0n) is 13.6. The highest BCUT2D eigenvalue weighted by atomic mass is 32.1. The van der Waals surface area contributed by atoms with Crippen LogP contribution in [0, 0.1) is 18.3 Å². The lowest BCUT2D eigenvalue weighted by Gasteiger charge is -2.01. The number of nitrogens with one attached hydrogen (secondary N) is 1. The van der Waals surface area contributed by atoms with Crippen LogP contribution in [0.4, 0.5) is 5.13 Å². The van der Waals surface area contributed by atoms with Crippen LogP contribution in [0.3, 0.4) is 0 Å². The van der Waals surface area contributed by atoms with E-state index < -0.39 is 5.97 Å². The van der Waals surface area contributed by atoms with Crippen molar-refractivity contribution < 1.29 is 14.3 Å². The van der Waals surface area contributed by atoms with Crippen LogP contribution in [-0.2, 0) is 9.53 Å². The topological polar surface area (TPSA) is 84.2 Å². The summed E-state index contributed by atoms with van der Waals surface area (Å²) in [6.07, 6.45) is 1.31. The van der Waals surface area contributed by atoms with Gasteiger partial charge in [0.05, 0.1) is 19.4 Å². The summed E-state index contributed by atoms with van der Waals surface area (Å²) in [4.78, 5) is 17.1. The number of methoxy groups -OCH3 is 1. The lowest BCUT2D eigenvalue weighted by molar-refractivity contribution is -0.138. The van der Waals surface area contributed by atoms with E-state index in [1.165, 1.54) is 17.5 Å². The number of benzene rings is 1. The molecule has 124 valence electrons. The van der Waals surface area contributed by atoms with Crippen molar-refractivity contribution in [1.29, 1.82) is 5.26 Å². The van der Waals surface area contributed by atoms with Gasteiger partial charge in [0.15, 0.2) is 10.7 Å². The number of carbonyl (C=O) groups excluding carboxylic acids is 1. The van der Waals surface area contributed by atoms with Crippen molar-refractivity contribution in [2.75, 3.05) is 19.0 Å². The Kier molecular flexibility index (Phi) is 5.93. The maximum atomic E-state index is 11.6. The quantitative estimate of drug-likeness (QED) is 0.491. The predicted octanol–water partition coefficient (Wildman–Crippen LogP) is 3.51. The number of aryl methyl sites for hydroxylation is 1. The molecule has 0 aliphatic heterocycles. The van der Waals surface area contributed by atoms with E-state index in [1.807, 2.05) is 37.3 Å². The molecule has 1 heterocycles. The number of thiazole rings is 1. The number of nitriles is 1. The molecule has 0 spiro atoms. The lowest BCUT2D eigenvalue weighted by Crippen LogP contribution is -2.07. The maximum Gasteiger partial charge on any atom is 0.350 e. The molecule has 7 heteroatoms. The number of aromatic nitrogens is 1. The fraction of sp³-hybridized carbons (Fsp3) is 0.235. The molecule has 24 heavy (non-hydrogen) atoms. The van der Waals surface area contributed by atoms with Crippen LogP contribution in [0.5, 0.6) is 5.75 Å². The van der Waals surface area contributed by atoms with Gasteiger partial charge in [-0.15, -0.1) is 11.3 Å². The zero-order valence-corrected chi connectivity index (χ0v) is 14.4. The highest BCUT2D eigenvalue weighted by molar-refractivity contribution is 7.16. The normalized spacial score (nSPS) is 10.8. The Morgan fingerprint density at radius 2 is 2.12 bits per heavy atom. The van der Waals surface area contributed by atoms with Gasteiger partial charge in [0, 0.05) is 16.6 Å². The SMILES string of the molecule is CCOC(=O)/C(C#N)=C/Nc1nc(-c2ccc(OC)cc2)c(C)s1. The van der Waals surface area contributed by atoms with E-state index in [4.69, 9.17) is 14.7 Å². The molecule has 6 nitrogen and oxygen atoms in total. The molecular weight excluding hydrogens is 326 g/mol. The summed E-state index contributed by atoms with van der Waals surface area (Å²) < 4.78 is 9.95. The summed E-state index contributed by atoms with van der Waals surface area (Å²) in [7, 11) is 1.62. The maximum absolute atomic E-state index is 11.6. The summed E-state index contributed by atoms with van der Waals surface area (Å²) in [5.74, 6) is 0.122. The van der Waals surface area contributed by atoms with Gasteiger partial charge in [-0.2, -0.15) is 5.26 Å². The minimum atomic E-state index is -0.656. The fourth-order valence-corrected chi connectivity index (χ4v) is 2.76. The first-order valence-corrected chi connectivity index (χ1v) is 8.06. The third kappa shape index (κ3) is 4.12. The van der Waals surface area contributed by atoms with Gasteiger partial charge in [-0.05, 0) is 38.1 Å². The molecule has 2 rings (SSSR count). The van der Waals surface area contributed by atoms with E-state index in [0.717, 1.165) is 21.9 Å². The molecule has 0 aliphatic rings. The lowest BCUT2D eigenvalue weighted by atomic mass is 10.1. The van der Waals surface area contributed by atoms with Crippen molar-refractivity contribution in [3.8, 4) is 23.1 Å². The second kappa shape index (κ2) is 8.13. The summed E-state index contributed by atoms with van der Waals surface area (Å²) >= 11 is 1.44. The van der Waals surface area contributed by atoms with Crippen LogP contribution in [0.25, 0.3) is 11.3 Å². The van der Waals surface area contributed by atoms with Crippen LogP contribution in [0.1, 0.15) is 11.8 Å². The fourth-order valence-electron chi connectivity index (χ4n) is 1.95. The van der Waals surface area contributed by atoms with Crippen molar-refractivity contribution in [3.05, 3.63) is 40.9 Å². The Bertz CT molecular complexity index is 788. The summed E-state index contributed by atoms with van der Waals surface area (Å²) in [5.41, 5.74) is 1.70. The third-order valence-electron chi connectivity index (χ3n) is 3.12. The van der Waals surface area contributed by atoms with Crippen LogP contribution in [-0.4, -0.2) is 24.7 Å². The Morgan fingerprint density at radius 1 is 1.42 bits per heavy atom. The Labute approximate surface area is 144 Å². The standard InChI is InChI=1S/C17H17N3O3S/c1-4-23-16(21)13(9-18)10-19-17-20-15(11(2)24-17)12-5-7-14(22-3)8-6-12/h5-8,10H,4H2,1-3H3,(H,19,20)/b13-10+. The number of hydrogen-bond donors (Lipinski definition) is 1. The van der Waals surface area contributed by atoms with Crippen molar-refractivity contribution in [2.45, 2.75) is 13.8 Å². The first-order chi connectivity index (χ1) is 11.6. The van der Waals surface area contributed by atoms with E-state index in [9.17, 15) is 4.79 Å². The number of hydrogen-bond acceptors (Lipinski definition) is 7. The Balaban J connectivity index is 2.19. The highest BCUT2D eigenvalue weighted by Crippen LogP contribution is 2.31. The molecule has 0 amide bonds.